The molecule has 0 radical (unpaired) electrons. The molecule has 0 bridgehead atoms. The van der Waals surface area contributed by atoms with Gasteiger partial charge in [0.2, 0.25) is 0 Å². The fourth-order valence-corrected chi connectivity index (χ4v) is 3.07. The Kier molecular flexibility index (Phi) is 3.28. The Balaban J connectivity index is 2.36. The largest absolute Gasteiger partial charge is 0.399 e. The van der Waals surface area contributed by atoms with E-state index in [0.29, 0.717) is 5.69 Å². The van der Waals surface area contributed by atoms with Gasteiger partial charge in [0, 0.05) is 30.7 Å². The van der Waals surface area contributed by atoms with Gasteiger partial charge in [0.1, 0.15) is 0 Å². The molecule has 1 aliphatic heterocycles. The highest BCUT2D eigenvalue weighted by Gasteiger charge is 2.17. The number of nitrogen functional groups attached to an aromatic ring is 1. The van der Waals surface area contributed by atoms with Crippen molar-refractivity contribution in [1.82, 2.24) is 0 Å². The Labute approximate surface area is 102 Å². The summed E-state index contributed by atoms with van der Waals surface area (Å²) in [4.78, 5) is 2.24. The summed E-state index contributed by atoms with van der Waals surface area (Å²) < 4.78 is 22.8. The summed E-state index contributed by atoms with van der Waals surface area (Å²) in [7, 11) is -3.03. The molecule has 17 heavy (non-hydrogen) atoms. The van der Waals surface area contributed by atoms with Gasteiger partial charge < -0.3 is 10.6 Å². The number of hydrogen-bond acceptors (Lipinski definition) is 4. The molecule has 1 aliphatic rings. The maximum atomic E-state index is 11.4. The molecule has 4 nitrogen and oxygen atoms in total. The number of benzene rings is 1. The van der Waals surface area contributed by atoms with Crippen molar-refractivity contribution in [2.24, 2.45) is 0 Å². The van der Waals surface area contributed by atoms with Gasteiger partial charge in [-0.15, -0.1) is 0 Å². The van der Waals surface area contributed by atoms with Gasteiger partial charge >= 0.3 is 0 Å². The van der Waals surface area contributed by atoms with E-state index >= 15 is 0 Å². The van der Waals surface area contributed by atoms with Crippen molar-refractivity contribution in [2.75, 3.05) is 30.0 Å². The average molecular weight is 254 g/mol. The van der Waals surface area contributed by atoms with Crippen molar-refractivity contribution in [1.29, 1.82) is 0 Å². The number of nitrogens with two attached hydrogens (primary N) is 1. The quantitative estimate of drug-likeness (QED) is 0.828. The van der Waals surface area contributed by atoms with E-state index in [4.69, 9.17) is 5.73 Å². The van der Waals surface area contributed by atoms with E-state index in [1.807, 2.05) is 12.1 Å². The maximum Gasteiger partial charge on any atom is 0.151 e. The van der Waals surface area contributed by atoms with Crippen molar-refractivity contribution in [3.8, 4) is 0 Å². The summed E-state index contributed by atoms with van der Waals surface area (Å²) in [6.07, 6.45) is 3.59. The molecular weight excluding hydrogens is 236 g/mol. The lowest BCUT2D eigenvalue weighted by atomic mass is 10.1. The van der Waals surface area contributed by atoms with Crippen molar-refractivity contribution in [3.63, 3.8) is 0 Å². The molecule has 1 saturated heterocycles. The van der Waals surface area contributed by atoms with Gasteiger partial charge in [0.05, 0.1) is 5.75 Å². The van der Waals surface area contributed by atoms with E-state index < -0.39 is 9.84 Å². The summed E-state index contributed by atoms with van der Waals surface area (Å²) in [5.41, 5.74) is 8.18. The molecule has 0 unspecified atom stereocenters. The summed E-state index contributed by atoms with van der Waals surface area (Å²) in [5, 5.41) is 0. The standard InChI is InChI=1S/C12H18N2O2S/c1-17(15,16)9-10-8-11(13)4-5-12(10)14-6-2-3-7-14/h4-5,8H,2-3,6-7,9,13H2,1H3. The molecule has 0 saturated carbocycles. The Bertz CT molecular complexity index is 505. The smallest absolute Gasteiger partial charge is 0.151 e. The Hall–Kier alpha value is -1.23. The topological polar surface area (TPSA) is 63.4 Å². The fourth-order valence-electron chi connectivity index (χ4n) is 2.27. The van der Waals surface area contributed by atoms with E-state index in [-0.39, 0.29) is 5.75 Å². The van der Waals surface area contributed by atoms with Crippen LogP contribution in [0.5, 0.6) is 0 Å². The number of anilines is 2. The summed E-state index contributed by atoms with van der Waals surface area (Å²) in [5.74, 6) is 0.0594. The van der Waals surface area contributed by atoms with Crippen LogP contribution in [0.25, 0.3) is 0 Å². The SMILES string of the molecule is CS(=O)(=O)Cc1cc(N)ccc1N1CCCC1. The molecule has 1 heterocycles. The molecule has 0 aromatic heterocycles. The van der Waals surface area contributed by atoms with E-state index in [2.05, 4.69) is 4.90 Å². The minimum absolute atomic E-state index is 0.0594. The second-order valence-electron chi connectivity index (χ2n) is 4.65. The van der Waals surface area contributed by atoms with Crippen molar-refractivity contribution >= 4 is 21.2 Å². The van der Waals surface area contributed by atoms with Crippen LogP contribution in [0.4, 0.5) is 11.4 Å². The number of hydrogen-bond donors (Lipinski definition) is 1. The van der Waals surface area contributed by atoms with Crippen LogP contribution < -0.4 is 10.6 Å². The normalized spacial score (nSPS) is 16.4. The first-order valence-corrected chi connectivity index (χ1v) is 7.83. The molecule has 94 valence electrons. The van der Waals surface area contributed by atoms with E-state index in [9.17, 15) is 8.42 Å². The van der Waals surface area contributed by atoms with Crippen LogP contribution in [-0.4, -0.2) is 27.8 Å². The third-order valence-electron chi connectivity index (χ3n) is 2.97. The minimum atomic E-state index is -3.03. The van der Waals surface area contributed by atoms with Crippen LogP contribution in [0.1, 0.15) is 18.4 Å². The van der Waals surface area contributed by atoms with Crippen LogP contribution in [-0.2, 0) is 15.6 Å². The third-order valence-corrected chi connectivity index (χ3v) is 3.80. The zero-order valence-electron chi connectivity index (χ0n) is 10.0. The van der Waals surface area contributed by atoms with E-state index in [1.54, 1.807) is 6.07 Å². The molecule has 0 spiro atoms. The van der Waals surface area contributed by atoms with Crippen molar-refractivity contribution in [3.05, 3.63) is 23.8 Å². The first-order chi connectivity index (χ1) is 7.96. The monoisotopic (exact) mass is 254 g/mol. The van der Waals surface area contributed by atoms with Crippen LogP contribution in [0.2, 0.25) is 0 Å². The van der Waals surface area contributed by atoms with Gasteiger partial charge in [0.15, 0.2) is 9.84 Å². The van der Waals surface area contributed by atoms with Crippen LogP contribution in [0.15, 0.2) is 18.2 Å². The molecule has 2 rings (SSSR count). The highest BCUT2D eigenvalue weighted by Crippen LogP contribution is 2.27. The Morgan fingerprint density at radius 2 is 1.94 bits per heavy atom. The summed E-state index contributed by atoms with van der Waals surface area (Å²) in [6.45, 7) is 2.00. The van der Waals surface area contributed by atoms with Gasteiger partial charge in [-0.3, -0.25) is 0 Å². The van der Waals surface area contributed by atoms with Crippen LogP contribution >= 0.6 is 0 Å². The number of rotatable bonds is 3. The highest BCUT2D eigenvalue weighted by molar-refractivity contribution is 7.89. The van der Waals surface area contributed by atoms with E-state index in [1.165, 1.54) is 19.1 Å². The predicted molar refractivity (Wildman–Crippen MR) is 70.8 cm³/mol. The van der Waals surface area contributed by atoms with Gasteiger partial charge in [-0.2, -0.15) is 0 Å². The third kappa shape index (κ3) is 3.12. The lowest BCUT2D eigenvalue weighted by molar-refractivity contribution is 0.601. The van der Waals surface area contributed by atoms with Crippen molar-refractivity contribution in [2.45, 2.75) is 18.6 Å². The molecule has 1 fully saturated rings. The molecule has 1 aromatic rings. The van der Waals surface area contributed by atoms with Crippen LogP contribution in [0.3, 0.4) is 0 Å². The molecule has 5 heteroatoms. The molecule has 0 atom stereocenters. The lowest BCUT2D eigenvalue weighted by Crippen LogP contribution is -2.20. The Morgan fingerprint density at radius 3 is 2.53 bits per heavy atom. The van der Waals surface area contributed by atoms with Gasteiger partial charge in [0.25, 0.3) is 0 Å². The molecule has 0 amide bonds. The second-order valence-corrected chi connectivity index (χ2v) is 6.79. The number of nitrogens with zero attached hydrogens (tertiary/aromatic N) is 1. The van der Waals surface area contributed by atoms with E-state index in [0.717, 1.165) is 24.3 Å². The van der Waals surface area contributed by atoms with Gasteiger partial charge in [-0.05, 0) is 36.6 Å². The molecule has 1 aromatic carbocycles. The van der Waals surface area contributed by atoms with Crippen molar-refractivity contribution < 1.29 is 8.42 Å². The summed E-state index contributed by atoms with van der Waals surface area (Å²) >= 11 is 0. The highest BCUT2D eigenvalue weighted by atomic mass is 32.2. The molecule has 0 aliphatic carbocycles. The zero-order valence-corrected chi connectivity index (χ0v) is 10.8. The van der Waals surface area contributed by atoms with Crippen LogP contribution in [0, 0.1) is 0 Å². The minimum Gasteiger partial charge on any atom is -0.399 e. The predicted octanol–water partition coefficient (Wildman–Crippen LogP) is 1.41. The first kappa shape index (κ1) is 12.2. The molecule has 2 N–H and O–H groups in total. The maximum absolute atomic E-state index is 11.4. The second kappa shape index (κ2) is 4.56. The zero-order chi connectivity index (χ0) is 12.5. The van der Waals surface area contributed by atoms with Gasteiger partial charge in [-0.1, -0.05) is 0 Å². The fraction of sp³-hybridized carbons (Fsp3) is 0.500. The Morgan fingerprint density at radius 1 is 1.29 bits per heavy atom. The molecular formula is C12H18N2O2S. The summed E-state index contributed by atoms with van der Waals surface area (Å²) in [6, 6.07) is 5.54. The lowest BCUT2D eigenvalue weighted by Gasteiger charge is -2.21. The average Bonchev–Trinajstić information content (AvgIpc) is 2.68. The number of sulfone groups is 1. The van der Waals surface area contributed by atoms with Gasteiger partial charge in [-0.25, -0.2) is 8.42 Å². The first-order valence-electron chi connectivity index (χ1n) is 5.77.